The molecule has 40 heavy (non-hydrogen) atoms. The van der Waals surface area contributed by atoms with Gasteiger partial charge in [-0.05, 0) is 29.8 Å². The first-order chi connectivity index (χ1) is 19.5. The first-order valence-electron chi connectivity index (χ1n) is 12.7. The van der Waals surface area contributed by atoms with Crippen LogP contribution in [0.4, 0.5) is 8.78 Å². The molecule has 0 radical (unpaired) electrons. The maximum absolute atomic E-state index is 14.7. The highest BCUT2D eigenvalue weighted by molar-refractivity contribution is 5.96. The smallest absolute Gasteiger partial charge is 0.278 e. The number of ether oxygens (including phenoxy) is 2. The highest BCUT2D eigenvalue weighted by Crippen LogP contribution is 2.37. The van der Waals surface area contributed by atoms with Crippen LogP contribution in [0.25, 0.3) is 0 Å². The second-order valence-corrected chi connectivity index (χ2v) is 9.33. The van der Waals surface area contributed by atoms with Crippen molar-refractivity contribution in [3.63, 3.8) is 0 Å². The number of hydrogen-bond acceptors (Lipinski definition) is 6. The Morgan fingerprint density at radius 2 is 1.77 bits per heavy atom. The Morgan fingerprint density at radius 1 is 0.975 bits per heavy atom. The predicted molar refractivity (Wildman–Crippen MR) is 143 cm³/mol. The minimum Gasteiger partial charge on any atom is -0.489 e. The minimum absolute atomic E-state index is 0.0216. The molecule has 2 aliphatic heterocycles. The topological polar surface area (TPSA) is 76.9 Å². The second kappa shape index (κ2) is 10.6. The third-order valence-electron chi connectivity index (χ3n) is 6.78. The van der Waals surface area contributed by atoms with Crippen molar-refractivity contribution in [1.29, 1.82) is 0 Å². The molecule has 0 N–H and O–H groups in total. The molecule has 2 aromatic carbocycles. The van der Waals surface area contributed by atoms with E-state index in [1.54, 1.807) is 46.5 Å². The maximum Gasteiger partial charge on any atom is 0.278 e. The number of carbonyl (C=O) groups excluding carboxylic acids is 1. The van der Waals surface area contributed by atoms with E-state index in [1.807, 2.05) is 30.3 Å². The van der Waals surface area contributed by atoms with E-state index in [1.165, 1.54) is 16.9 Å². The van der Waals surface area contributed by atoms with Gasteiger partial charge in [0.25, 0.3) is 5.91 Å². The summed E-state index contributed by atoms with van der Waals surface area (Å²) in [5.41, 5.74) is 1.19. The van der Waals surface area contributed by atoms with Crippen molar-refractivity contribution in [3.8, 4) is 11.5 Å². The van der Waals surface area contributed by atoms with E-state index >= 15 is 0 Å². The van der Waals surface area contributed by atoms with Gasteiger partial charge >= 0.3 is 0 Å². The van der Waals surface area contributed by atoms with E-state index in [-0.39, 0.29) is 43.6 Å². The van der Waals surface area contributed by atoms with Crippen molar-refractivity contribution in [3.05, 3.63) is 136 Å². The molecule has 0 saturated carbocycles. The summed E-state index contributed by atoms with van der Waals surface area (Å²) < 4.78 is 42.5. The molecular formula is C30H24F2N4O4. The van der Waals surface area contributed by atoms with Crippen molar-refractivity contribution in [2.75, 3.05) is 24.8 Å². The predicted octanol–water partition coefficient (Wildman–Crippen LogP) is 4.19. The summed E-state index contributed by atoms with van der Waals surface area (Å²) in [5.74, 6) is -2.48. The lowest BCUT2D eigenvalue weighted by atomic mass is 10.0. The van der Waals surface area contributed by atoms with Gasteiger partial charge in [0.2, 0.25) is 5.43 Å². The number of fused-ring (bicyclic) bond motifs is 5. The monoisotopic (exact) mass is 542 g/mol. The zero-order valence-electron chi connectivity index (χ0n) is 21.2. The Bertz CT molecular complexity index is 1640. The van der Waals surface area contributed by atoms with Crippen molar-refractivity contribution >= 4 is 5.91 Å². The van der Waals surface area contributed by atoms with Crippen LogP contribution in [0, 0.1) is 11.6 Å². The molecule has 10 heteroatoms. The molecule has 1 unspecified atom stereocenters. The third kappa shape index (κ3) is 4.68. The minimum atomic E-state index is -1.05. The van der Waals surface area contributed by atoms with E-state index in [4.69, 9.17) is 9.47 Å². The summed E-state index contributed by atoms with van der Waals surface area (Å²) in [4.78, 5) is 33.0. The lowest BCUT2D eigenvalue weighted by molar-refractivity contribution is 0.0697. The third-order valence-corrected chi connectivity index (χ3v) is 6.78. The van der Waals surface area contributed by atoms with Crippen LogP contribution in [0.5, 0.6) is 11.5 Å². The summed E-state index contributed by atoms with van der Waals surface area (Å²) in [6, 6.07) is 17.2. The molecule has 202 valence electrons. The van der Waals surface area contributed by atoms with Gasteiger partial charge in [-0.25, -0.2) is 8.78 Å². The van der Waals surface area contributed by atoms with Crippen molar-refractivity contribution in [1.82, 2.24) is 14.6 Å². The normalized spacial score (nSPS) is 17.2. The lowest BCUT2D eigenvalue weighted by Crippen LogP contribution is -2.55. The number of benzene rings is 2. The van der Waals surface area contributed by atoms with Crippen LogP contribution in [0.1, 0.15) is 33.4 Å². The number of rotatable bonds is 4. The number of hydrogen-bond donors (Lipinski definition) is 0. The summed E-state index contributed by atoms with van der Waals surface area (Å²) >= 11 is 0. The fourth-order valence-corrected chi connectivity index (χ4v) is 4.89. The van der Waals surface area contributed by atoms with Gasteiger partial charge in [0.15, 0.2) is 23.1 Å². The second-order valence-electron chi connectivity index (χ2n) is 9.33. The number of aromatic nitrogens is 2. The fraction of sp³-hybridized carbons (Fsp3) is 0.167. The Hall–Kier alpha value is -4.99. The van der Waals surface area contributed by atoms with Gasteiger partial charge in [-0.3, -0.25) is 24.3 Å². The molecule has 0 aliphatic carbocycles. The van der Waals surface area contributed by atoms with Gasteiger partial charge in [-0.15, -0.1) is 0 Å². The van der Waals surface area contributed by atoms with Gasteiger partial charge in [0.1, 0.15) is 31.7 Å². The van der Waals surface area contributed by atoms with Crippen molar-refractivity contribution in [2.45, 2.75) is 12.6 Å². The number of pyridine rings is 2. The molecule has 6 rings (SSSR count). The number of carbonyl (C=O) groups is 1. The average molecular weight is 543 g/mol. The van der Waals surface area contributed by atoms with Gasteiger partial charge in [-0.1, -0.05) is 42.5 Å². The van der Waals surface area contributed by atoms with E-state index < -0.39 is 29.0 Å². The highest BCUT2D eigenvalue weighted by atomic mass is 19.2. The van der Waals surface area contributed by atoms with Crippen LogP contribution < -0.4 is 19.9 Å². The molecule has 1 amide bonds. The summed E-state index contributed by atoms with van der Waals surface area (Å²) in [5, 5.41) is 1.76. The molecule has 0 spiro atoms. The van der Waals surface area contributed by atoms with Gasteiger partial charge in [0, 0.05) is 36.6 Å². The first-order valence-corrected chi connectivity index (χ1v) is 12.7. The van der Waals surface area contributed by atoms with Gasteiger partial charge in [0.05, 0.1) is 5.69 Å². The molecule has 2 aliphatic rings. The molecule has 2 aromatic heterocycles. The van der Waals surface area contributed by atoms with Crippen LogP contribution in [0.2, 0.25) is 0 Å². The first kappa shape index (κ1) is 25.3. The van der Waals surface area contributed by atoms with Gasteiger partial charge < -0.3 is 14.4 Å². The standard InChI is InChI=1S/C30H24F2N4O4/c31-22-16-21-26(17-23(22)32)39-15-7-6-13-34-19-36(27(21)24-10-4-5-12-33-24)35-14-11-25(37)29(28(35)30(34)38)40-18-20-8-2-1-3-9-20/h1-12,14,16-17,27H,13,15,18-19H2/b7-6-. The SMILES string of the molecule is O=C1c2c(OCc3ccccc3)c(=O)ccn2N2CN1C/C=C\COc1cc(F)c(F)cc1C2c1ccccn1. The molecule has 0 saturated heterocycles. The summed E-state index contributed by atoms with van der Waals surface area (Å²) in [6.07, 6.45) is 6.52. The molecule has 0 fully saturated rings. The van der Waals surface area contributed by atoms with E-state index in [2.05, 4.69) is 4.98 Å². The van der Waals surface area contributed by atoms with Crippen LogP contribution in [0.15, 0.2) is 96.1 Å². The lowest BCUT2D eigenvalue weighted by Gasteiger charge is -2.43. The largest absolute Gasteiger partial charge is 0.489 e. The van der Waals surface area contributed by atoms with Crippen molar-refractivity contribution < 1.29 is 23.0 Å². The van der Waals surface area contributed by atoms with Gasteiger partial charge in [-0.2, -0.15) is 0 Å². The van der Waals surface area contributed by atoms with E-state index in [9.17, 15) is 18.4 Å². The van der Waals surface area contributed by atoms with Crippen LogP contribution in [0.3, 0.4) is 0 Å². The number of nitrogens with zero attached hydrogens (tertiary/aromatic N) is 4. The van der Waals surface area contributed by atoms with E-state index in [0.29, 0.717) is 11.3 Å². The Kier molecular flexibility index (Phi) is 6.73. The molecule has 1 atom stereocenters. The Balaban J connectivity index is 1.56. The summed E-state index contributed by atoms with van der Waals surface area (Å²) in [6.45, 7) is 0.404. The Morgan fingerprint density at radius 3 is 2.58 bits per heavy atom. The van der Waals surface area contributed by atoms with E-state index in [0.717, 1.165) is 17.7 Å². The van der Waals surface area contributed by atoms with Crippen LogP contribution in [-0.2, 0) is 6.61 Å². The Labute approximate surface area is 228 Å². The molecule has 4 heterocycles. The van der Waals surface area contributed by atoms with Crippen molar-refractivity contribution in [2.24, 2.45) is 0 Å². The maximum atomic E-state index is 14.7. The molecule has 8 nitrogen and oxygen atoms in total. The zero-order chi connectivity index (χ0) is 27.6. The van der Waals surface area contributed by atoms with Crippen LogP contribution in [-0.4, -0.2) is 40.3 Å². The number of halogens is 2. The molecule has 4 aromatic rings. The molecular weight excluding hydrogens is 518 g/mol. The van der Waals surface area contributed by atoms with Crippen LogP contribution >= 0.6 is 0 Å². The summed E-state index contributed by atoms with van der Waals surface area (Å²) in [7, 11) is 0. The quantitative estimate of drug-likeness (QED) is 0.360. The number of amides is 1. The molecule has 2 bridgehead atoms. The highest BCUT2D eigenvalue weighted by Gasteiger charge is 2.38. The zero-order valence-corrected chi connectivity index (χ0v) is 21.2. The fourth-order valence-electron chi connectivity index (χ4n) is 4.89. The average Bonchev–Trinajstić information content (AvgIpc) is 3.00.